The topological polar surface area (TPSA) is 80.0 Å². The second-order valence-electron chi connectivity index (χ2n) is 6.45. The van der Waals surface area contributed by atoms with Crippen molar-refractivity contribution in [3.63, 3.8) is 0 Å². The fraction of sp³-hybridized carbons (Fsp3) is 0.0455. The lowest BCUT2D eigenvalue weighted by Gasteiger charge is -2.12. The first-order valence-electron chi connectivity index (χ1n) is 8.90. The highest BCUT2D eigenvalue weighted by molar-refractivity contribution is 5.93. The minimum atomic E-state index is -1.08. The number of benzene rings is 2. The van der Waals surface area contributed by atoms with E-state index in [2.05, 4.69) is 15.4 Å². The summed E-state index contributed by atoms with van der Waals surface area (Å²) in [5.74, 6) is -0.661. The van der Waals surface area contributed by atoms with Gasteiger partial charge in [-0.25, -0.2) is 18.9 Å². The number of nitrogens with zero attached hydrogens (tertiary/aromatic N) is 3. The number of carboxylic acids is 1. The summed E-state index contributed by atoms with van der Waals surface area (Å²) < 4.78 is 15.0. The molecule has 2 aromatic heterocycles. The molecule has 0 atom stereocenters. The molecule has 0 radical (unpaired) electrons. The number of pyridine rings is 1. The van der Waals surface area contributed by atoms with Crippen LogP contribution in [0.5, 0.6) is 0 Å². The van der Waals surface area contributed by atoms with Crippen LogP contribution in [0.1, 0.15) is 15.9 Å². The van der Waals surface area contributed by atoms with E-state index in [1.165, 1.54) is 24.4 Å². The number of nitrogens with one attached hydrogen (secondary N) is 1. The van der Waals surface area contributed by atoms with Crippen LogP contribution in [0.2, 0.25) is 0 Å². The summed E-state index contributed by atoms with van der Waals surface area (Å²) in [4.78, 5) is 15.7. The van der Waals surface area contributed by atoms with Crippen molar-refractivity contribution in [2.24, 2.45) is 0 Å². The van der Waals surface area contributed by atoms with Gasteiger partial charge in [-0.2, -0.15) is 5.10 Å². The van der Waals surface area contributed by atoms with Gasteiger partial charge in [-0.05, 0) is 55.0 Å². The number of aryl methyl sites for hydroxylation is 1. The summed E-state index contributed by atoms with van der Waals surface area (Å²) in [5.41, 5.74) is 3.22. The zero-order valence-corrected chi connectivity index (χ0v) is 15.5. The number of aromatic nitrogens is 3. The number of aromatic carboxylic acids is 1. The highest BCUT2D eigenvalue weighted by Gasteiger charge is 2.17. The predicted molar refractivity (Wildman–Crippen MR) is 108 cm³/mol. The predicted octanol–water partition coefficient (Wildman–Crippen LogP) is 4.82. The zero-order chi connectivity index (χ0) is 20.4. The Bertz CT molecular complexity index is 1190. The number of carbonyl (C=O) groups is 1. The number of hydrogen-bond donors (Lipinski definition) is 2. The van der Waals surface area contributed by atoms with Gasteiger partial charge in [-0.1, -0.05) is 18.2 Å². The maximum absolute atomic E-state index is 13.3. The van der Waals surface area contributed by atoms with Crippen molar-refractivity contribution in [3.05, 3.63) is 89.9 Å². The Balaban J connectivity index is 1.85. The van der Waals surface area contributed by atoms with Crippen LogP contribution in [0.4, 0.5) is 16.0 Å². The summed E-state index contributed by atoms with van der Waals surface area (Å²) in [6.07, 6.45) is 1.52. The number of halogens is 1. The van der Waals surface area contributed by atoms with Gasteiger partial charge in [0.1, 0.15) is 23.0 Å². The summed E-state index contributed by atoms with van der Waals surface area (Å²) in [7, 11) is 0. The molecular weight excluding hydrogens is 371 g/mol. The van der Waals surface area contributed by atoms with Crippen LogP contribution in [0.15, 0.2) is 72.9 Å². The van der Waals surface area contributed by atoms with Crippen molar-refractivity contribution in [1.29, 1.82) is 0 Å². The molecule has 0 bridgehead atoms. The molecule has 0 spiro atoms. The summed E-state index contributed by atoms with van der Waals surface area (Å²) in [5, 5.41) is 17.2. The average Bonchev–Trinajstić information content (AvgIpc) is 3.12. The van der Waals surface area contributed by atoms with Crippen molar-refractivity contribution in [1.82, 2.24) is 14.8 Å². The highest BCUT2D eigenvalue weighted by Crippen LogP contribution is 2.28. The molecule has 0 aliphatic carbocycles. The van der Waals surface area contributed by atoms with Gasteiger partial charge in [-0.15, -0.1) is 0 Å². The van der Waals surface area contributed by atoms with Gasteiger partial charge in [0.25, 0.3) is 0 Å². The molecule has 4 rings (SSSR count). The van der Waals surface area contributed by atoms with E-state index in [9.17, 15) is 14.3 Å². The van der Waals surface area contributed by atoms with Gasteiger partial charge >= 0.3 is 5.97 Å². The third-order valence-electron chi connectivity index (χ3n) is 4.48. The van der Waals surface area contributed by atoms with Gasteiger partial charge in [0.15, 0.2) is 0 Å². The van der Waals surface area contributed by atoms with Crippen LogP contribution in [-0.2, 0) is 0 Å². The molecular formula is C22H17FN4O2. The molecule has 4 aromatic rings. The van der Waals surface area contributed by atoms with E-state index >= 15 is 0 Å². The van der Waals surface area contributed by atoms with E-state index < -0.39 is 5.97 Å². The molecule has 144 valence electrons. The Morgan fingerprint density at radius 3 is 2.55 bits per heavy atom. The number of rotatable bonds is 5. The molecule has 0 saturated carbocycles. The minimum absolute atomic E-state index is 0.0494. The van der Waals surface area contributed by atoms with E-state index in [-0.39, 0.29) is 17.2 Å². The van der Waals surface area contributed by atoms with E-state index in [0.717, 1.165) is 16.8 Å². The second-order valence-corrected chi connectivity index (χ2v) is 6.45. The minimum Gasteiger partial charge on any atom is -0.478 e. The molecule has 0 fully saturated rings. The fourth-order valence-corrected chi connectivity index (χ4v) is 3.02. The number of anilines is 2. The Hall–Kier alpha value is -4.00. The Kier molecular flexibility index (Phi) is 4.78. The van der Waals surface area contributed by atoms with Crippen molar-refractivity contribution in [3.8, 4) is 16.9 Å². The molecule has 7 heteroatoms. The first-order valence-corrected chi connectivity index (χ1v) is 8.90. The van der Waals surface area contributed by atoms with Crippen molar-refractivity contribution < 1.29 is 14.3 Å². The average molecular weight is 388 g/mol. The van der Waals surface area contributed by atoms with Gasteiger partial charge in [-0.3, -0.25) is 0 Å². The zero-order valence-electron chi connectivity index (χ0n) is 15.5. The largest absolute Gasteiger partial charge is 0.478 e. The quantitative estimate of drug-likeness (QED) is 0.512. The van der Waals surface area contributed by atoms with Crippen LogP contribution in [0.25, 0.3) is 16.9 Å². The Labute approximate surface area is 166 Å². The number of para-hydroxylation sites is 1. The van der Waals surface area contributed by atoms with Crippen molar-refractivity contribution in [2.45, 2.75) is 6.92 Å². The summed E-state index contributed by atoms with van der Waals surface area (Å²) in [6.45, 7) is 1.96. The third-order valence-corrected chi connectivity index (χ3v) is 4.48. The normalized spacial score (nSPS) is 10.7. The first kappa shape index (κ1) is 18.4. The van der Waals surface area contributed by atoms with Crippen molar-refractivity contribution >= 4 is 17.6 Å². The molecule has 6 nitrogen and oxygen atoms in total. The van der Waals surface area contributed by atoms with E-state index in [0.29, 0.717) is 11.5 Å². The smallest absolute Gasteiger partial charge is 0.339 e. The first-order chi connectivity index (χ1) is 14.0. The molecule has 29 heavy (non-hydrogen) atoms. The molecule has 0 unspecified atom stereocenters. The maximum Gasteiger partial charge on any atom is 0.339 e. The second kappa shape index (κ2) is 7.55. The maximum atomic E-state index is 13.3. The van der Waals surface area contributed by atoms with Gasteiger partial charge in [0, 0.05) is 17.8 Å². The monoisotopic (exact) mass is 388 g/mol. The SMILES string of the molecule is Cc1ccccc1-n1nc(-c2ccc(F)cc2)cc1Nc1ncccc1C(=O)O. The van der Waals surface area contributed by atoms with Crippen LogP contribution in [-0.4, -0.2) is 25.8 Å². The summed E-state index contributed by atoms with van der Waals surface area (Å²) >= 11 is 0. The Morgan fingerprint density at radius 2 is 1.83 bits per heavy atom. The van der Waals surface area contributed by atoms with Gasteiger partial charge in [0.05, 0.1) is 11.4 Å². The van der Waals surface area contributed by atoms with E-state index in [4.69, 9.17) is 0 Å². The van der Waals surface area contributed by atoms with E-state index in [1.807, 2.05) is 31.2 Å². The van der Waals surface area contributed by atoms with Crippen LogP contribution in [0.3, 0.4) is 0 Å². The Morgan fingerprint density at radius 1 is 1.07 bits per heavy atom. The van der Waals surface area contributed by atoms with Crippen LogP contribution < -0.4 is 5.32 Å². The molecule has 2 N–H and O–H groups in total. The van der Waals surface area contributed by atoms with Gasteiger partial charge in [0.2, 0.25) is 0 Å². The van der Waals surface area contributed by atoms with Crippen molar-refractivity contribution in [2.75, 3.05) is 5.32 Å². The molecule has 2 heterocycles. The number of carboxylic acid groups (broad SMARTS) is 1. The molecule has 0 saturated heterocycles. The highest BCUT2D eigenvalue weighted by atomic mass is 19.1. The lowest BCUT2D eigenvalue weighted by atomic mass is 10.1. The lowest BCUT2D eigenvalue weighted by Crippen LogP contribution is -2.08. The van der Waals surface area contributed by atoms with Crippen LogP contribution in [0, 0.1) is 12.7 Å². The van der Waals surface area contributed by atoms with Gasteiger partial charge < -0.3 is 10.4 Å². The summed E-state index contributed by atoms with van der Waals surface area (Å²) in [6, 6.07) is 18.6. The molecule has 0 aliphatic rings. The lowest BCUT2D eigenvalue weighted by molar-refractivity contribution is 0.0697. The molecule has 0 amide bonds. The third kappa shape index (κ3) is 3.70. The van der Waals surface area contributed by atoms with Crippen LogP contribution >= 0.6 is 0 Å². The standard InChI is InChI=1S/C22H17FN4O2/c1-14-5-2-3-7-19(14)27-20(25-21-17(22(28)29)6-4-12-24-21)13-18(26-27)15-8-10-16(23)11-9-15/h2-13H,1H3,(H,24,25)(H,28,29). The number of hydrogen-bond acceptors (Lipinski definition) is 4. The molecule has 2 aromatic carbocycles. The fourth-order valence-electron chi connectivity index (χ4n) is 3.02. The molecule has 0 aliphatic heterocycles. The van der Waals surface area contributed by atoms with E-state index in [1.54, 1.807) is 28.9 Å².